The average molecular weight is 303 g/mol. The van der Waals surface area contributed by atoms with Gasteiger partial charge in [0.15, 0.2) is 0 Å². The van der Waals surface area contributed by atoms with Crippen LogP contribution in [0.3, 0.4) is 0 Å². The number of hydrogen-bond donors (Lipinski definition) is 4. The van der Waals surface area contributed by atoms with E-state index in [9.17, 15) is 18.3 Å². The van der Waals surface area contributed by atoms with Crippen molar-refractivity contribution in [2.45, 2.75) is 18.7 Å². The largest absolute Gasteiger partial charge is 0.507 e. The molecule has 0 aliphatic rings. The van der Waals surface area contributed by atoms with E-state index in [0.29, 0.717) is 0 Å². The Hall–Kier alpha value is -1.64. The van der Waals surface area contributed by atoms with Crippen molar-refractivity contribution in [2.24, 2.45) is 5.92 Å². The number of carbonyl (C=O) groups is 1. The summed E-state index contributed by atoms with van der Waals surface area (Å²) in [7, 11) is -3.90. The van der Waals surface area contributed by atoms with Gasteiger partial charge in [-0.25, -0.2) is 17.9 Å². The Kier molecular flexibility index (Phi) is 5.09. The molecule has 0 bridgehead atoms. The Morgan fingerprint density at radius 2 is 2.00 bits per heavy atom. The monoisotopic (exact) mass is 303 g/mol. The average Bonchev–Trinajstić information content (AvgIpc) is 2.35. The van der Waals surface area contributed by atoms with Crippen LogP contribution in [0.1, 0.15) is 22.8 Å². The van der Waals surface area contributed by atoms with E-state index in [4.69, 9.17) is 10.2 Å². The Morgan fingerprint density at radius 3 is 2.50 bits per heavy atom. The number of rotatable bonds is 6. The maximum absolute atomic E-state index is 12.1. The van der Waals surface area contributed by atoms with Gasteiger partial charge in [-0.2, -0.15) is 0 Å². The number of carboxylic acid groups (broad SMARTS) is 1. The lowest BCUT2D eigenvalue weighted by Gasteiger charge is -2.13. The van der Waals surface area contributed by atoms with Crippen molar-refractivity contribution in [2.75, 3.05) is 13.2 Å². The quantitative estimate of drug-likeness (QED) is 0.599. The Morgan fingerprint density at radius 1 is 1.40 bits per heavy atom. The summed E-state index contributed by atoms with van der Waals surface area (Å²) in [6, 6.07) is 2.01. The number of aliphatic hydroxyl groups is 1. The molecule has 4 N–H and O–H groups in total. The number of sulfonamides is 1. The molecule has 0 saturated carbocycles. The molecule has 1 aromatic rings. The number of aliphatic hydroxyl groups excluding tert-OH is 1. The first kappa shape index (κ1) is 16.4. The van der Waals surface area contributed by atoms with Gasteiger partial charge in [-0.05, 0) is 30.5 Å². The highest BCUT2D eigenvalue weighted by Crippen LogP contribution is 2.25. The van der Waals surface area contributed by atoms with Crippen LogP contribution < -0.4 is 4.72 Å². The van der Waals surface area contributed by atoms with E-state index in [1.165, 1.54) is 6.92 Å². The maximum Gasteiger partial charge on any atom is 0.339 e. The lowest BCUT2D eigenvalue weighted by Crippen LogP contribution is -2.30. The van der Waals surface area contributed by atoms with Crippen LogP contribution in [-0.2, 0) is 10.0 Å². The number of aromatic carboxylic acids is 1. The molecule has 0 saturated heterocycles. The molecule has 0 heterocycles. The fourth-order valence-electron chi connectivity index (χ4n) is 1.53. The molecule has 0 aliphatic carbocycles. The second-order valence-corrected chi connectivity index (χ2v) is 6.32. The van der Waals surface area contributed by atoms with Crippen molar-refractivity contribution < 1.29 is 28.5 Å². The van der Waals surface area contributed by atoms with Crippen LogP contribution in [0.4, 0.5) is 0 Å². The van der Waals surface area contributed by atoms with Gasteiger partial charge in [0.2, 0.25) is 10.0 Å². The Labute approximate surface area is 116 Å². The first-order valence-corrected chi connectivity index (χ1v) is 7.34. The molecule has 0 aromatic heterocycles. The van der Waals surface area contributed by atoms with Crippen LogP contribution in [0.25, 0.3) is 0 Å². The van der Waals surface area contributed by atoms with E-state index in [1.807, 2.05) is 0 Å². The molecule has 0 fully saturated rings. The number of hydrogen-bond acceptors (Lipinski definition) is 5. The molecule has 112 valence electrons. The molecule has 0 radical (unpaired) electrons. The van der Waals surface area contributed by atoms with Crippen LogP contribution in [0.15, 0.2) is 17.0 Å². The predicted molar refractivity (Wildman–Crippen MR) is 71.2 cm³/mol. The van der Waals surface area contributed by atoms with Crippen LogP contribution >= 0.6 is 0 Å². The number of aryl methyl sites for hydroxylation is 1. The van der Waals surface area contributed by atoms with Crippen molar-refractivity contribution in [3.8, 4) is 5.75 Å². The third kappa shape index (κ3) is 3.69. The van der Waals surface area contributed by atoms with Crippen molar-refractivity contribution in [3.63, 3.8) is 0 Å². The van der Waals surface area contributed by atoms with Gasteiger partial charge in [-0.3, -0.25) is 0 Å². The SMILES string of the molecule is Cc1cc(O)c(C(=O)O)cc1S(=O)(=O)NCC(C)CO. The van der Waals surface area contributed by atoms with Crippen LogP contribution in [-0.4, -0.2) is 42.9 Å². The highest BCUT2D eigenvalue weighted by Gasteiger charge is 2.22. The van der Waals surface area contributed by atoms with Gasteiger partial charge >= 0.3 is 5.97 Å². The van der Waals surface area contributed by atoms with Gasteiger partial charge in [-0.1, -0.05) is 6.92 Å². The van der Waals surface area contributed by atoms with Gasteiger partial charge in [0.1, 0.15) is 11.3 Å². The minimum Gasteiger partial charge on any atom is -0.507 e. The Bertz CT molecular complexity index is 611. The van der Waals surface area contributed by atoms with E-state index in [0.717, 1.165) is 12.1 Å². The van der Waals surface area contributed by atoms with E-state index in [-0.39, 0.29) is 29.5 Å². The van der Waals surface area contributed by atoms with Gasteiger partial charge < -0.3 is 15.3 Å². The lowest BCUT2D eigenvalue weighted by molar-refractivity contribution is 0.0693. The molecule has 20 heavy (non-hydrogen) atoms. The summed E-state index contributed by atoms with van der Waals surface area (Å²) in [6.45, 7) is 2.98. The first-order valence-electron chi connectivity index (χ1n) is 5.86. The van der Waals surface area contributed by atoms with Crippen molar-refractivity contribution in [1.29, 1.82) is 0 Å². The van der Waals surface area contributed by atoms with Crippen LogP contribution in [0.5, 0.6) is 5.75 Å². The molecule has 1 aromatic carbocycles. The maximum atomic E-state index is 12.1. The second kappa shape index (κ2) is 6.21. The van der Waals surface area contributed by atoms with E-state index < -0.39 is 27.3 Å². The summed E-state index contributed by atoms with van der Waals surface area (Å²) in [5, 5.41) is 27.2. The summed E-state index contributed by atoms with van der Waals surface area (Å²) in [5.74, 6) is -2.17. The van der Waals surface area contributed by atoms with Crippen LogP contribution in [0, 0.1) is 12.8 Å². The fraction of sp³-hybridized carbons (Fsp3) is 0.417. The van der Waals surface area contributed by atoms with E-state index >= 15 is 0 Å². The predicted octanol–water partition coefficient (Wildman–Crippen LogP) is 0.306. The highest BCUT2D eigenvalue weighted by atomic mass is 32.2. The van der Waals surface area contributed by atoms with Gasteiger partial charge in [-0.15, -0.1) is 0 Å². The first-order chi connectivity index (χ1) is 9.19. The molecule has 0 spiro atoms. The number of nitrogens with one attached hydrogen (secondary N) is 1. The smallest absolute Gasteiger partial charge is 0.339 e. The van der Waals surface area contributed by atoms with E-state index in [1.54, 1.807) is 6.92 Å². The molecule has 8 heteroatoms. The van der Waals surface area contributed by atoms with E-state index in [2.05, 4.69) is 4.72 Å². The summed E-state index contributed by atoms with van der Waals surface area (Å²) >= 11 is 0. The number of aromatic hydroxyl groups is 1. The number of phenols is 1. The van der Waals surface area contributed by atoms with Crippen molar-refractivity contribution in [1.82, 2.24) is 4.72 Å². The van der Waals surface area contributed by atoms with Crippen molar-refractivity contribution >= 4 is 16.0 Å². The molecule has 1 rings (SSSR count). The molecule has 1 atom stereocenters. The zero-order valence-electron chi connectivity index (χ0n) is 11.1. The summed E-state index contributed by atoms with van der Waals surface area (Å²) in [5.41, 5.74) is -0.247. The zero-order valence-corrected chi connectivity index (χ0v) is 11.9. The van der Waals surface area contributed by atoms with Crippen molar-refractivity contribution in [3.05, 3.63) is 23.3 Å². The second-order valence-electron chi connectivity index (χ2n) is 4.58. The molecule has 1 unspecified atom stereocenters. The topological polar surface area (TPSA) is 124 Å². The lowest BCUT2D eigenvalue weighted by atomic mass is 10.1. The summed E-state index contributed by atoms with van der Waals surface area (Å²) < 4.78 is 26.5. The number of carboxylic acids is 1. The minimum atomic E-state index is -3.90. The summed E-state index contributed by atoms with van der Waals surface area (Å²) in [4.78, 5) is 10.7. The molecule has 0 amide bonds. The van der Waals surface area contributed by atoms with Crippen LogP contribution in [0.2, 0.25) is 0 Å². The van der Waals surface area contributed by atoms with Gasteiger partial charge in [0, 0.05) is 13.2 Å². The van der Waals surface area contributed by atoms with Gasteiger partial charge in [0.25, 0.3) is 0 Å². The van der Waals surface area contributed by atoms with Gasteiger partial charge in [0.05, 0.1) is 4.90 Å². The third-order valence-electron chi connectivity index (χ3n) is 2.75. The normalized spacial score (nSPS) is 13.2. The fourth-order valence-corrected chi connectivity index (χ4v) is 2.94. The number of benzene rings is 1. The standard InChI is InChI=1S/C12H17NO6S/c1-7(6-14)5-13-20(18,19)11-4-9(12(16)17)10(15)3-8(11)2/h3-4,7,13-15H,5-6H2,1-2H3,(H,16,17). The molecular weight excluding hydrogens is 286 g/mol. The summed E-state index contributed by atoms with van der Waals surface area (Å²) in [6.07, 6.45) is 0. The molecule has 0 aliphatic heterocycles. The molecule has 7 nitrogen and oxygen atoms in total. The third-order valence-corrected chi connectivity index (χ3v) is 4.31. The minimum absolute atomic E-state index is 0.0293. The molecular formula is C12H17NO6S. The Balaban J connectivity index is 3.18. The zero-order chi connectivity index (χ0) is 15.5. The highest BCUT2D eigenvalue weighted by molar-refractivity contribution is 7.89.